The van der Waals surface area contributed by atoms with E-state index in [1.165, 1.54) is 12.8 Å². The molecule has 0 saturated carbocycles. The molecule has 38 heavy (non-hydrogen) atoms. The Morgan fingerprint density at radius 3 is 2.47 bits per heavy atom. The Labute approximate surface area is 231 Å². The smallest absolute Gasteiger partial charge is 0.204 e. The van der Waals surface area contributed by atoms with Gasteiger partial charge in [-0.2, -0.15) is 0 Å². The predicted molar refractivity (Wildman–Crippen MR) is 161 cm³/mol. The molecule has 7 heteroatoms. The van der Waals surface area contributed by atoms with Gasteiger partial charge in [-0.1, -0.05) is 64.1 Å². The summed E-state index contributed by atoms with van der Waals surface area (Å²) in [4.78, 5) is 12.2. The van der Waals surface area contributed by atoms with Crippen LogP contribution in [0.2, 0.25) is 5.31 Å². The zero-order chi connectivity index (χ0) is 27.2. The number of hydrogen-bond acceptors (Lipinski definition) is 5. The van der Waals surface area contributed by atoms with E-state index in [9.17, 15) is 0 Å². The quantitative estimate of drug-likeness (QED) is 0.236. The summed E-state index contributed by atoms with van der Waals surface area (Å²) in [7, 11) is 6.56. The number of anilines is 1. The molecule has 2 aromatic heterocycles. The minimum atomic E-state index is -0.137. The van der Waals surface area contributed by atoms with Gasteiger partial charge in [-0.15, -0.1) is 0 Å². The topological polar surface area (TPSA) is 58.0 Å². The molecule has 2 N–H and O–H groups in total. The third-order valence-electron chi connectivity index (χ3n) is 7.65. The third-order valence-corrected chi connectivity index (χ3v) is 7.65. The molecule has 1 saturated heterocycles. The van der Waals surface area contributed by atoms with Crippen LogP contribution in [-0.4, -0.2) is 66.0 Å². The van der Waals surface area contributed by atoms with Crippen LogP contribution in [0.4, 0.5) is 5.95 Å². The van der Waals surface area contributed by atoms with Gasteiger partial charge in [-0.25, -0.2) is 4.98 Å². The maximum absolute atomic E-state index is 6.56. The van der Waals surface area contributed by atoms with Gasteiger partial charge in [0.15, 0.2) is 0 Å². The molecule has 0 amide bonds. The maximum atomic E-state index is 6.56. The zero-order valence-corrected chi connectivity index (χ0v) is 24.3. The summed E-state index contributed by atoms with van der Waals surface area (Å²) in [5, 5.41) is 7.26. The molecule has 2 radical (unpaired) electrons. The number of benzene rings is 1. The van der Waals surface area contributed by atoms with Crippen LogP contribution in [0.3, 0.4) is 0 Å². The van der Waals surface area contributed by atoms with E-state index in [4.69, 9.17) is 17.8 Å². The fraction of sp³-hybridized carbons (Fsp3) is 0.613. The van der Waals surface area contributed by atoms with Crippen molar-refractivity contribution in [1.29, 1.82) is 0 Å². The summed E-state index contributed by atoms with van der Waals surface area (Å²) < 4.78 is 2.28. The number of aromatic nitrogens is 3. The van der Waals surface area contributed by atoms with Gasteiger partial charge in [-0.05, 0) is 62.4 Å². The fourth-order valence-corrected chi connectivity index (χ4v) is 5.40. The van der Waals surface area contributed by atoms with Crippen molar-refractivity contribution in [2.24, 2.45) is 5.41 Å². The minimum Gasteiger partial charge on any atom is -0.353 e. The van der Waals surface area contributed by atoms with Crippen molar-refractivity contribution in [3.63, 3.8) is 0 Å². The van der Waals surface area contributed by atoms with E-state index in [1.807, 2.05) is 13.0 Å². The van der Waals surface area contributed by atoms with Crippen molar-refractivity contribution in [1.82, 2.24) is 24.8 Å². The van der Waals surface area contributed by atoms with Crippen molar-refractivity contribution in [2.75, 3.05) is 38.0 Å². The molecule has 0 aliphatic carbocycles. The van der Waals surface area contributed by atoms with E-state index in [2.05, 4.69) is 84.2 Å². The van der Waals surface area contributed by atoms with Gasteiger partial charge < -0.3 is 20.1 Å². The number of imidazole rings is 1. The first kappa shape index (κ1) is 28.6. The van der Waals surface area contributed by atoms with Crippen molar-refractivity contribution >= 4 is 24.8 Å². The first-order valence-corrected chi connectivity index (χ1v) is 14.4. The number of pyridine rings is 1. The Morgan fingerprint density at radius 1 is 0.974 bits per heavy atom. The van der Waals surface area contributed by atoms with E-state index in [0.717, 1.165) is 80.4 Å². The lowest BCUT2D eigenvalue weighted by Gasteiger charge is -2.33. The molecule has 6 nitrogen and oxygen atoms in total. The van der Waals surface area contributed by atoms with Crippen LogP contribution < -0.4 is 10.6 Å². The zero-order valence-electron chi connectivity index (χ0n) is 24.3. The third kappa shape index (κ3) is 8.57. The number of para-hydroxylation sites is 2. The lowest BCUT2D eigenvalue weighted by Crippen LogP contribution is -2.43. The molecule has 1 atom stereocenters. The van der Waals surface area contributed by atoms with Crippen molar-refractivity contribution in [2.45, 2.75) is 84.6 Å². The Hall–Kier alpha value is -2.38. The molecule has 3 aromatic rings. The number of nitrogens with one attached hydrogen (secondary N) is 2. The van der Waals surface area contributed by atoms with Gasteiger partial charge in [-0.3, -0.25) is 4.98 Å². The van der Waals surface area contributed by atoms with Crippen LogP contribution in [0.15, 0.2) is 42.5 Å². The number of rotatable bonds is 12. The van der Waals surface area contributed by atoms with Gasteiger partial charge >= 0.3 is 0 Å². The molecular formula is C31H47BN6. The molecule has 0 spiro atoms. The second-order valence-electron chi connectivity index (χ2n) is 12.8. The molecule has 1 aliphatic heterocycles. The predicted octanol–water partition coefficient (Wildman–Crippen LogP) is 5.82. The van der Waals surface area contributed by atoms with Crippen LogP contribution in [-0.2, 0) is 6.54 Å². The van der Waals surface area contributed by atoms with Crippen LogP contribution in [0, 0.1) is 12.3 Å². The molecule has 1 fully saturated rings. The lowest BCUT2D eigenvalue weighted by molar-refractivity contribution is 0.218. The van der Waals surface area contributed by atoms with Gasteiger partial charge in [0, 0.05) is 37.9 Å². The van der Waals surface area contributed by atoms with Gasteiger partial charge in [0.2, 0.25) is 5.95 Å². The van der Waals surface area contributed by atoms with Crippen molar-refractivity contribution in [3.05, 3.63) is 53.9 Å². The van der Waals surface area contributed by atoms with Gasteiger partial charge in [0.1, 0.15) is 0 Å². The summed E-state index contributed by atoms with van der Waals surface area (Å²) in [6, 6.07) is 15.0. The molecule has 3 heterocycles. The number of hydrogen-bond donors (Lipinski definition) is 2. The molecule has 4 rings (SSSR count). The van der Waals surface area contributed by atoms with Crippen LogP contribution in [0.25, 0.3) is 11.0 Å². The van der Waals surface area contributed by atoms with Crippen molar-refractivity contribution < 1.29 is 0 Å². The van der Waals surface area contributed by atoms with Crippen LogP contribution in [0.5, 0.6) is 0 Å². The average Bonchev–Trinajstić information content (AvgIpc) is 3.18. The Morgan fingerprint density at radius 2 is 1.74 bits per heavy atom. The lowest BCUT2D eigenvalue weighted by atomic mass is 9.66. The highest BCUT2D eigenvalue weighted by molar-refractivity contribution is 6.15. The fourth-order valence-electron chi connectivity index (χ4n) is 5.40. The molecular weight excluding hydrogens is 467 g/mol. The van der Waals surface area contributed by atoms with E-state index in [1.54, 1.807) is 0 Å². The highest BCUT2D eigenvalue weighted by Crippen LogP contribution is 2.31. The number of piperidine rings is 1. The summed E-state index contributed by atoms with van der Waals surface area (Å²) in [5.74, 6) is 0.948. The second-order valence-corrected chi connectivity index (χ2v) is 12.8. The monoisotopic (exact) mass is 514 g/mol. The summed E-state index contributed by atoms with van der Waals surface area (Å²) >= 11 is 0. The van der Waals surface area contributed by atoms with Crippen LogP contribution in [0.1, 0.15) is 71.2 Å². The minimum absolute atomic E-state index is 0.137. The van der Waals surface area contributed by atoms with E-state index >= 15 is 0 Å². The number of likely N-dealkylation sites (tertiary alicyclic amines) is 1. The number of aryl methyl sites for hydroxylation is 1. The summed E-state index contributed by atoms with van der Waals surface area (Å²) in [6.07, 6.45) is 5.72. The molecule has 1 aromatic carbocycles. The first-order valence-electron chi connectivity index (χ1n) is 14.4. The normalized spacial score (nSPS) is 17.1. The maximum Gasteiger partial charge on any atom is 0.204 e. The first-order chi connectivity index (χ1) is 18.1. The Balaban J connectivity index is 1.24. The van der Waals surface area contributed by atoms with E-state index < -0.39 is 0 Å². The second kappa shape index (κ2) is 12.7. The van der Waals surface area contributed by atoms with Crippen molar-refractivity contribution in [3.8, 4) is 0 Å². The average molecular weight is 515 g/mol. The molecule has 0 bridgehead atoms. The van der Waals surface area contributed by atoms with Gasteiger partial charge in [0.05, 0.1) is 31.1 Å². The number of fused-ring (bicyclic) bond motifs is 1. The molecule has 204 valence electrons. The Bertz CT molecular complexity index is 1160. The van der Waals surface area contributed by atoms with E-state index in [0.29, 0.717) is 18.0 Å². The largest absolute Gasteiger partial charge is 0.353 e. The van der Waals surface area contributed by atoms with Crippen LogP contribution >= 0.6 is 0 Å². The number of nitrogens with zero attached hydrogens (tertiary/aromatic N) is 4. The van der Waals surface area contributed by atoms with Gasteiger partial charge in [0.25, 0.3) is 0 Å². The van der Waals surface area contributed by atoms with E-state index in [-0.39, 0.29) is 5.31 Å². The molecule has 1 unspecified atom stereocenters. The summed E-state index contributed by atoms with van der Waals surface area (Å²) in [6.45, 7) is 17.0. The standard InChI is InChI=1S/C31H47BN6/c1-24-10-8-11-26(34-24)22-38-28-13-7-6-12-27(28)36-29(38)35-25-14-19-37(20-15-25)21-18-33-23-31(5,32)17-9-16-30(2,3)4/h6-8,10-13,25,33H,9,14-23H2,1-5H3,(H,35,36). The summed E-state index contributed by atoms with van der Waals surface area (Å²) in [5.41, 5.74) is 4.65. The highest BCUT2D eigenvalue weighted by atomic mass is 15.2. The Kier molecular flexibility index (Phi) is 9.53. The SMILES string of the molecule is [B]C(C)(CCCC(C)(C)C)CNCCN1CCC(Nc2nc3ccccc3n2Cc2cccc(C)n2)CC1. The highest BCUT2D eigenvalue weighted by Gasteiger charge is 2.22. The molecule has 1 aliphatic rings.